The lowest BCUT2D eigenvalue weighted by Crippen LogP contribution is -2.23. The van der Waals surface area contributed by atoms with Gasteiger partial charge in [-0.3, -0.25) is 0 Å². The van der Waals surface area contributed by atoms with Crippen LogP contribution in [0.4, 0.5) is 6.01 Å². The van der Waals surface area contributed by atoms with Crippen LogP contribution in [-0.2, 0) is 6.54 Å². The number of aromatic nitrogens is 1. The summed E-state index contributed by atoms with van der Waals surface area (Å²) >= 11 is 0. The largest absolute Gasteiger partial charge is 0.432 e. The zero-order valence-corrected chi connectivity index (χ0v) is 9.78. The normalized spacial score (nSPS) is 15.1. The van der Waals surface area contributed by atoms with Gasteiger partial charge in [-0.25, -0.2) is 0 Å². The van der Waals surface area contributed by atoms with E-state index in [9.17, 15) is 0 Å². The molecule has 0 radical (unpaired) electrons. The van der Waals surface area contributed by atoms with E-state index in [1.165, 1.54) is 12.8 Å². The topological polar surface area (TPSA) is 41.3 Å². The molecule has 0 atom stereocenters. The van der Waals surface area contributed by atoms with E-state index in [0.717, 1.165) is 25.3 Å². The molecule has 0 bridgehead atoms. The minimum Gasteiger partial charge on any atom is -0.432 e. The molecular weight excluding hydrogens is 202 g/mol. The van der Waals surface area contributed by atoms with Crippen molar-refractivity contribution in [3.63, 3.8) is 0 Å². The highest BCUT2D eigenvalue weighted by Gasteiger charge is 2.20. The van der Waals surface area contributed by atoms with Crippen molar-refractivity contribution < 1.29 is 4.42 Å². The molecule has 88 valence electrons. The van der Waals surface area contributed by atoms with Gasteiger partial charge in [0.05, 0.1) is 5.69 Å². The molecule has 1 fully saturated rings. The molecule has 16 heavy (non-hydrogen) atoms. The van der Waals surface area contributed by atoms with Gasteiger partial charge in [0.1, 0.15) is 6.26 Å². The Morgan fingerprint density at radius 2 is 2.50 bits per heavy atom. The van der Waals surface area contributed by atoms with Crippen molar-refractivity contribution in [1.29, 1.82) is 0 Å². The molecule has 1 aromatic rings. The van der Waals surface area contributed by atoms with Gasteiger partial charge in [-0.15, -0.1) is 6.58 Å². The van der Waals surface area contributed by atoms with Crippen molar-refractivity contribution in [2.75, 3.05) is 18.0 Å². The first-order valence-electron chi connectivity index (χ1n) is 5.87. The molecule has 1 saturated carbocycles. The van der Waals surface area contributed by atoms with Crippen LogP contribution in [-0.4, -0.2) is 24.1 Å². The second kappa shape index (κ2) is 5.16. The molecule has 0 saturated heterocycles. The van der Waals surface area contributed by atoms with Gasteiger partial charge < -0.3 is 14.6 Å². The number of nitrogens with zero attached hydrogens (tertiary/aromatic N) is 2. The van der Waals surface area contributed by atoms with Crippen LogP contribution in [0, 0.1) is 0 Å². The minimum absolute atomic E-state index is 0.690. The van der Waals surface area contributed by atoms with Crippen molar-refractivity contribution in [3.8, 4) is 0 Å². The Kier molecular flexibility index (Phi) is 3.62. The Morgan fingerprint density at radius 3 is 3.12 bits per heavy atom. The van der Waals surface area contributed by atoms with Crippen LogP contribution in [0.25, 0.3) is 0 Å². The van der Waals surface area contributed by atoms with Crippen molar-refractivity contribution >= 4 is 6.01 Å². The van der Waals surface area contributed by atoms with Crippen molar-refractivity contribution in [3.05, 3.63) is 24.6 Å². The van der Waals surface area contributed by atoms with Crippen LogP contribution in [0.1, 0.15) is 25.5 Å². The Hall–Kier alpha value is -1.29. The number of rotatable bonds is 7. The molecule has 1 aliphatic rings. The molecule has 1 aromatic heterocycles. The monoisotopic (exact) mass is 221 g/mol. The highest BCUT2D eigenvalue weighted by Crippen LogP contribution is 2.20. The van der Waals surface area contributed by atoms with Crippen LogP contribution < -0.4 is 10.2 Å². The van der Waals surface area contributed by atoms with E-state index in [1.54, 1.807) is 6.26 Å². The molecule has 4 nitrogen and oxygen atoms in total. The average molecular weight is 221 g/mol. The van der Waals surface area contributed by atoms with E-state index in [1.807, 2.05) is 11.0 Å². The predicted molar refractivity (Wildman–Crippen MR) is 64.4 cm³/mol. The summed E-state index contributed by atoms with van der Waals surface area (Å²) in [5.41, 5.74) is 0.976. The quantitative estimate of drug-likeness (QED) is 0.714. The fraction of sp³-hybridized carbons (Fsp3) is 0.583. The fourth-order valence-electron chi connectivity index (χ4n) is 1.56. The van der Waals surface area contributed by atoms with Gasteiger partial charge >= 0.3 is 0 Å². The van der Waals surface area contributed by atoms with E-state index in [4.69, 9.17) is 4.42 Å². The number of likely N-dealkylation sites (N-methyl/N-ethyl adjacent to an activating group) is 1. The molecule has 0 aromatic carbocycles. The number of oxazole rings is 1. The zero-order valence-electron chi connectivity index (χ0n) is 9.78. The summed E-state index contributed by atoms with van der Waals surface area (Å²) in [5, 5.41) is 3.41. The second-order valence-corrected chi connectivity index (χ2v) is 4.10. The van der Waals surface area contributed by atoms with Gasteiger partial charge in [-0.05, 0) is 19.8 Å². The van der Waals surface area contributed by atoms with Gasteiger partial charge in [-0.2, -0.15) is 4.98 Å². The summed E-state index contributed by atoms with van der Waals surface area (Å²) in [6.45, 7) is 8.26. The summed E-state index contributed by atoms with van der Waals surface area (Å²) < 4.78 is 5.45. The maximum Gasteiger partial charge on any atom is 0.297 e. The summed E-state index contributed by atoms with van der Waals surface area (Å²) in [6.07, 6.45) is 6.18. The van der Waals surface area contributed by atoms with Crippen LogP contribution in [0.3, 0.4) is 0 Å². The number of nitrogens with one attached hydrogen (secondary N) is 1. The van der Waals surface area contributed by atoms with Gasteiger partial charge in [0.15, 0.2) is 0 Å². The maximum atomic E-state index is 5.45. The van der Waals surface area contributed by atoms with E-state index in [-0.39, 0.29) is 0 Å². The van der Waals surface area contributed by atoms with Gasteiger partial charge in [0.2, 0.25) is 0 Å². The van der Waals surface area contributed by atoms with Crippen LogP contribution in [0.15, 0.2) is 23.3 Å². The van der Waals surface area contributed by atoms with Crippen molar-refractivity contribution in [2.45, 2.75) is 32.4 Å². The lowest BCUT2D eigenvalue weighted by Gasteiger charge is -2.15. The summed E-state index contributed by atoms with van der Waals surface area (Å²) in [5.74, 6) is 0. The molecular formula is C12H19N3O. The molecule has 1 heterocycles. The Balaban J connectivity index is 1.90. The smallest absolute Gasteiger partial charge is 0.297 e. The lowest BCUT2D eigenvalue weighted by atomic mass is 10.4. The Bertz CT molecular complexity index is 344. The summed E-state index contributed by atoms with van der Waals surface area (Å²) in [7, 11) is 0. The van der Waals surface area contributed by atoms with Gasteiger partial charge in [0.25, 0.3) is 6.01 Å². The van der Waals surface area contributed by atoms with Gasteiger partial charge in [0, 0.05) is 25.7 Å². The number of hydrogen-bond acceptors (Lipinski definition) is 4. The predicted octanol–water partition coefficient (Wildman–Crippen LogP) is 1.94. The standard InChI is InChI=1S/C12H19N3O/c1-3-7-15(4-2)12-14-11(9-16-12)8-13-10-5-6-10/h3,9-10,13H,1,4-8H2,2H3. The molecule has 1 N–H and O–H groups in total. The third-order valence-corrected chi connectivity index (χ3v) is 2.69. The Morgan fingerprint density at radius 1 is 1.69 bits per heavy atom. The molecule has 0 amide bonds. The lowest BCUT2D eigenvalue weighted by molar-refractivity contribution is 0.541. The zero-order chi connectivity index (χ0) is 11.4. The Labute approximate surface area is 96.3 Å². The minimum atomic E-state index is 0.690. The van der Waals surface area contributed by atoms with Crippen LogP contribution in [0.2, 0.25) is 0 Å². The third kappa shape index (κ3) is 2.85. The first kappa shape index (κ1) is 11.2. The average Bonchev–Trinajstić information content (AvgIpc) is 3.02. The van der Waals surface area contributed by atoms with Crippen molar-refractivity contribution in [1.82, 2.24) is 10.3 Å². The highest BCUT2D eigenvalue weighted by molar-refractivity contribution is 5.27. The SMILES string of the molecule is C=CCN(CC)c1nc(CNC2CC2)co1. The molecule has 2 rings (SSSR count). The molecule has 4 heteroatoms. The van der Waals surface area contributed by atoms with E-state index >= 15 is 0 Å². The fourth-order valence-corrected chi connectivity index (χ4v) is 1.56. The van der Waals surface area contributed by atoms with E-state index in [2.05, 4.69) is 23.8 Å². The first-order chi connectivity index (χ1) is 7.83. The summed E-state index contributed by atoms with van der Waals surface area (Å²) in [6, 6.07) is 1.39. The molecule has 0 spiro atoms. The molecule has 0 unspecified atom stereocenters. The van der Waals surface area contributed by atoms with E-state index < -0.39 is 0 Å². The van der Waals surface area contributed by atoms with Crippen molar-refractivity contribution in [2.24, 2.45) is 0 Å². The summed E-state index contributed by atoms with van der Waals surface area (Å²) in [4.78, 5) is 6.50. The van der Waals surface area contributed by atoms with Crippen LogP contribution in [0.5, 0.6) is 0 Å². The second-order valence-electron chi connectivity index (χ2n) is 4.10. The number of hydrogen-bond donors (Lipinski definition) is 1. The third-order valence-electron chi connectivity index (χ3n) is 2.69. The maximum absolute atomic E-state index is 5.45. The van der Waals surface area contributed by atoms with Crippen LogP contribution >= 0.6 is 0 Å². The first-order valence-corrected chi connectivity index (χ1v) is 5.87. The van der Waals surface area contributed by atoms with E-state index in [0.29, 0.717) is 12.1 Å². The van der Waals surface area contributed by atoms with Gasteiger partial charge in [-0.1, -0.05) is 6.08 Å². The highest BCUT2D eigenvalue weighted by atomic mass is 16.4. The number of anilines is 1. The molecule has 0 aliphatic heterocycles. The molecule has 1 aliphatic carbocycles.